The molecule has 1 amide bonds. The summed E-state index contributed by atoms with van der Waals surface area (Å²) < 4.78 is 33.1. The van der Waals surface area contributed by atoms with Gasteiger partial charge in [0, 0.05) is 13.1 Å². The van der Waals surface area contributed by atoms with Crippen molar-refractivity contribution in [2.24, 2.45) is 0 Å². The molecule has 0 aliphatic carbocycles. The van der Waals surface area contributed by atoms with Crippen LogP contribution < -0.4 is 10.0 Å². The third-order valence-corrected chi connectivity index (χ3v) is 3.94. The van der Waals surface area contributed by atoms with E-state index in [1.807, 2.05) is 18.6 Å². The van der Waals surface area contributed by atoms with Crippen LogP contribution in [-0.2, 0) is 21.5 Å². The lowest BCUT2D eigenvalue weighted by Crippen LogP contribution is -2.47. The fraction of sp³-hybridized carbons (Fsp3) is 0.429. The van der Waals surface area contributed by atoms with Crippen LogP contribution in [0.1, 0.15) is 25.0 Å². The van der Waals surface area contributed by atoms with E-state index in [-0.39, 0.29) is 24.1 Å². The predicted molar refractivity (Wildman–Crippen MR) is 93.7 cm³/mol. The van der Waals surface area contributed by atoms with Crippen LogP contribution in [0.5, 0.6) is 0 Å². The van der Waals surface area contributed by atoms with Crippen molar-refractivity contribution in [1.29, 1.82) is 0 Å². The van der Waals surface area contributed by atoms with Crippen LogP contribution >= 0.6 is 12.2 Å². The second-order valence-corrected chi connectivity index (χ2v) is 6.87. The number of aryl methyl sites for hydroxylation is 1. The molecule has 0 unspecified atom stereocenters. The average Bonchev–Trinajstić information content (AvgIpc) is 2.39. The lowest BCUT2D eigenvalue weighted by Gasteiger charge is -2.27. The molecule has 0 atom stereocenters. The molecule has 0 aromatic heterocycles. The molecule has 3 N–H and O–H groups in total. The fourth-order valence-corrected chi connectivity index (χ4v) is 2.86. The number of carbonyl (C=O) groups excluding carboxylic acids is 1. The third kappa shape index (κ3) is 5.77. The van der Waals surface area contributed by atoms with Gasteiger partial charge in [0.05, 0.1) is 12.1 Å². The molecule has 9 heteroatoms. The van der Waals surface area contributed by atoms with Gasteiger partial charge in [-0.15, -0.1) is 0 Å². The van der Waals surface area contributed by atoms with Gasteiger partial charge in [-0.1, -0.05) is 12.1 Å². The van der Waals surface area contributed by atoms with Crippen molar-refractivity contribution in [3.8, 4) is 0 Å². The number of amides is 1. The summed E-state index contributed by atoms with van der Waals surface area (Å²) in [5, 5.41) is 3.05. The Kier molecular flexibility index (Phi) is 6.48. The lowest BCUT2D eigenvalue weighted by molar-refractivity contribution is -0.127. The number of thiocarbonyl (C=S) groups is 1. The number of nitrogens with zero attached hydrogens (tertiary/aromatic N) is 1. The highest BCUT2D eigenvalue weighted by molar-refractivity contribution is 7.87. The molecule has 0 aliphatic rings. The molecular weight excluding hydrogens is 338 g/mol. The molecule has 23 heavy (non-hydrogen) atoms. The van der Waals surface area contributed by atoms with Crippen molar-refractivity contribution in [2.45, 2.75) is 33.2 Å². The van der Waals surface area contributed by atoms with Gasteiger partial charge in [-0.3, -0.25) is 19.0 Å². The van der Waals surface area contributed by atoms with Gasteiger partial charge in [-0.25, -0.2) is 0 Å². The summed E-state index contributed by atoms with van der Waals surface area (Å²) in [5.41, 5.74) is 1.40. The Balaban J connectivity index is 3.12. The number of hydrogen-bond acceptors (Lipinski definition) is 4. The SMILES string of the molecule is CNC(=S)N(C(=O)Cc1ccc(C)cc1NS(=O)(=O)O)C(C)C. The lowest BCUT2D eigenvalue weighted by atomic mass is 10.1. The maximum Gasteiger partial charge on any atom is 0.357 e. The van der Waals surface area contributed by atoms with Crippen LogP contribution in [0.4, 0.5) is 5.69 Å². The van der Waals surface area contributed by atoms with E-state index < -0.39 is 10.3 Å². The molecule has 1 aromatic carbocycles. The number of anilines is 1. The van der Waals surface area contributed by atoms with Gasteiger partial charge in [0.15, 0.2) is 5.11 Å². The standard InChI is InChI=1S/C14H21N3O4S2/c1-9(2)17(14(22)15-4)13(18)8-11-6-5-10(3)7-12(11)16-23(19,20)21/h5-7,9,16H,8H2,1-4H3,(H,15,22)(H,19,20,21). The number of hydrogen-bond donors (Lipinski definition) is 3. The van der Waals surface area contributed by atoms with E-state index in [0.717, 1.165) is 5.56 Å². The number of carbonyl (C=O) groups is 1. The molecule has 0 aliphatic heterocycles. The molecule has 0 spiro atoms. The minimum absolute atomic E-state index is 0.0574. The zero-order valence-electron chi connectivity index (χ0n) is 13.5. The third-order valence-electron chi connectivity index (χ3n) is 3.06. The Labute approximate surface area is 141 Å². The highest BCUT2D eigenvalue weighted by Gasteiger charge is 2.22. The first kappa shape index (κ1) is 19.3. The normalized spacial score (nSPS) is 11.2. The summed E-state index contributed by atoms with van der Waals surface area (Å²) in [6.45, 7) is 5.43. The Morgan fingerprint density at radius 3 is 2.48 bits per heavy atom. The van der Waals surface area contributed by atoms with E-state index in [9.17, 15) is 13.2 Å². The molecule has 0 fully saturated rings. The largest absolute Gasteiger partial charge is 0.365 e. The first-order valence-corrected chi connectivity index (χ1v) is 8.78. The van der Waals surface area contributed by atoms with Gasteiger partial charge in [0.25, 0.3) is 0 Å². The Bertz CT molecular complexity index is 702. The van der Waals surface area contributed by atoms with Crippen LogP contribution in [0.15, 0.2) is 18.2 Å². The number of rotatable bonds is 5. The van der Waals surface area contributed by atoms with Crippen LogP contribution in [0.2, 0.25) is 0 Å². The number of nitrogens with one attached hydrogen (secondary N) is 2. The van der Waals surface area contributed by atoms with Crippen molar-refractivity contribution < 1.29 is 17.8 Å². The molecule has 1 aromatic rings. The molecule has 1 rings (SSSR count). The van der Waals surface area contributed by atoms with Gasteiger partial charge in [0.2, 0.25) is 5.91 Å². The summed E-state index contributed by atoms with van der Waals surface area (Å²) in [5.74, 6) is -0.276. The van der Waals surface area contributed by atoms with Gasteiger partial charge in [-0.05, 0) is 50.2 Å². The van der Waals surface area contributed by atoms with Crippen molar-refractivity contribution >= 4 is 39.2 Å². The first-order valence-electron chi connectivity index (χ1n) is 6.93. The molecule has 7 nitrogen and oxygen atoms in total. The minimum Gasteiger partial charge on any atom is -0.365 e. The quantitative estimate of drug-likeness (QED) is 0.544. The molecule has 0 saturated carbocycles. The van der Waals surface area contributed by atoms with Crippen LogP contribution in [0.25, 0.3) is 0 Å². The summed E-state index contributed by atoms with van der Waals surface area (Å²) in [7, 11) is -2.80. The Morgan fingerprint density at radius 2 is 2.00 bits per heavy atom. The molecular formula is C14H21N3O4S2. The monoisotopic (exact) mass is 359 g/mol. The highest BCUT2D eigenvalue weighted by atomic mass is 32.2. The van der Waals surface area contributed by atoms with Crippen LogP contribution in [0.3, 0.4) is 0 Å². The topological polar surface area (TPSA) is 98.7 Å². The summed E-state index contributed by atoms with van der Waals surface area (Å²) in [4.78, 5) is 13.9. The minimum atomic E-state index is -4.42. The van der Waals surface area contributed by atoms with Gasteiger partial charge < -0.3 is 5.32 Å². The maximum absolute atomic E-state index is 12.5. The second-order valence-electron chi connectivity index (χ2n) is 5.33. The van der Waals surface area contributed by atoms with Crippen molar-refractivity contribution in [3.05, 3.63) is 29.3 Å². The van der Waals surface area contributed by atoms with Gasteiger partial charge >= 0.3 is 10.3 Å². The summed E-state index contributed by atoms with van der Waals surface area (Å²) >= 11 is 5.13. The zero-order valence-corrected chi connectivity index (χ0v) is 15.1. The predicted octanol–water partition coefficient (Wildman–Crippen LogP) is 1.49. The van der Waals surface area contributed by atoms with Crippen molar-refractivity contribution in [3.63, 3.8) is 0 Å². The van der Waals surface area contributed by atoms with E-state index in [1.54, 1.807) is 32.2 Å². The smallest absolute Gasteiger partial charge is 0.357 e. The molecule has 128 valence electrons. The van der Waals surface area contributed by atoms with E-state index in [2.05, 4.69) is 5.32 Å². The van der Waals surface area contributed by atoms with Crippen molar-refractivity contribution in [2.75, 3.05) is 11.8 Å². The Hall–Kier alpha value is -1.71. The molecule has 0 saturated heterocycles. The molecule has 0 radical (unpaired) electrons. The Morgan fingerprint density at radius 1 is 1.39 bits per heavy atom. The first-order chi connectivity index (χ1) is 10.5. The van der Waals surface area contributed by atoms with E-state index in [4.69, 9.17) is 16.8 Å². The zero-order chi connectivity index (χ0) is 17.8. The van der Waals surface area contributed by atoms with E-state index >= 15 is 0 Å². The van der Waals surface area contributed by atoms with Gasteiger partial charge in [0.1, 0.15) is 0 Å². The second kappa shape index (κ2) is 7.71. The van der Waals surface area contributed by atoms with E-state index in [0.29, 0.717) is 10.7 Å². The molecule has 0 bridgehead atoms. The highest BCUT2D eigenvalue weighted by Crippen LogP contribution is 2.20. The maximum atomic E-state index is 12.5. The number of benzene rings is 1. The van der Waals surface area contributed by atoms with Crippen molar-refractivity contribution in [1.82, 2.24) is 10.2 Å². The van der Waals surface area contributed by atoms with E-state index in [1.165, 1.54) is 4.90 Å². The van der Waals surface area contributed by atoms with Crippen LogP contribution in [-0.4, -0.2) is 42.0 Å². The van der Waals surface area contributed by atoms with Gasteiger partial charge in [-0.2, -0.15) is 8.42 Å². The molecule has 0 heterocycles. The van der Waals surface area contributed by atoms with Crippen LogP contribution in [0, 0.1) is 6.92 Å². The summed E-state index contributed by atoms with van der Waals surface area (Å²) in [6.07, 6.45) is -0.0574. The summed E-state index contributed by atoms with van der Waals surface area (Å²) in [6, 6.07) is 4.80. The average molecular weight is 359 g/mol. The fourth-order valence-electron chi connectivity index (χ4n) is 2.08.